The molecule has 0 unspecified atom stereocenters. The van der Waals surface area contributed by atoms with Gasteiger partial charge in [0.05, 0.1) is 0 Å². The van der Waals surface area contributed by atoms with E-state index in [1.807, 2.05) is 0 Å². The first-order chi connectivity index (χ1) is 4.54. The molecule has 0 spiro atoms. The van der Waals surface area contributed by atoms with Crippen molar-refractivity contribution >= 4 is 26.5 Å². The van der Waals surface area contributed by atoms with Crippen molar-refractivity contribution in [3.63, 3.8) is 0 Å². The third-order valence-electron chi connectivity index (χ3n) is 1.47. The SMILES string of the molecule is O=C(I)N1CCCC1(F)F. The fourth-order valence-electron chi connectivity index (χ4n) is 0.965. The van der Waals surface area contributed by atoms with Crippen LogP contribution in [0.5, 0.6) is 0 Å². The molecule has 1 rings (SSSR count). The van der Waals surface area contributed by atoms with Crippen LogP contribution in [0.1, 0.15) is 12.8 Å². The van der Waals surface area contributed by atoms with Crippen LogP contribution in [0, 0.1) is 0 Å². The van der Waals surface area contributed by atoms with E-state index in [0.29, 0.717) is 11.3 Å². The maximum Gasteiger partial charge on any atom is 0.328 e. The maximum atomic E-state index is 12.6. The first kappa shape index (κ1) is 8.16. The number of alkyl halides is 2. The molecule has 1 heterocycles. The third-order valence-corrected chi connectivity index (χ3v) is 2.05. The molecule has 5 heteroatoms. The lowest BCUT2D eigenvalue weighted by atomic mass is 10.4. The van der Waals surface area contributed by atoms with Gasteiger partial charge in [0.15, 0.2) is 0 Å². The third kappa shape index (κ3) is 1.38. The van der Waals surface area contributed by atoms with Gasteiger partial charge in [-0.15, -0.1) is 0 Å². The highest BCUT2D eigenvalue weighted by atomic mass is 127. The quantitative estimate of drug-likeness (QED) is 0.372. The van der Waals surface area contributed by atoms with Gasteiger partial charge in [-0.25, -0.2) is 0 Å². The van der Waals surface area contributed by atoms with Gasteiger partial charge in [-0.05, 0) is 6.42 Å². The molecule has 58 valence electrons. The molecule has 1 fully saturated rings. The minimum atomic E-state index is -2.89. The molecule has 1 saturated heterocycles. The molecule has 0 aliphatic carbocycles. The fourth-order valence-corrected chi connectivity index (χ4v) is 1.56. The monoisotopic (exact) mass is 261 g/mol. The summed E-state index contributed by atoms with van der Waals surface area (Å²) < 4.78 is 24.6. The first-order valence-electron chi connectivity index (χ1n) is 2.89. The number of amides is 1. The number of likely N-dealkylation sites (tertiary alicyclic amines) is 1. The Labute approximate surface area is 70.7 Å². The molecule has 1 amide bonds. The Morgan fingerprint density at radius 3 is 2.40 bits per heavy atom. The predicted molar refractivity (Wildman–Crippen MR) is 40.3 cm³/mol. The summed E-state index contributed by atoms with van der Waals surface area (Å²) in [7, 11) is 0. The number of rotatable bonds is 0. The van der Waals surface area contributed by atoms with Crippen molar-refractivity contribution in [3.05, 3.63) is 0 Å². The topological polar surface area (TPSA) is 20.3 Å². The van der Waals surface area contributed by atoms with Crippen LogP contribution in [-0.4, -0.2) is 21.4 Å². The molecule has 0 aromatic heterocycles. The highest BCUT2D eigenvalue weighted by Crippen LogP contribution is 2.33. The van der Waals surface area contributed by atoms with E-state index >= 15 is 0 Å². The van der Waals surface area contributed by atoms with Crippen LogP contribution in [0.3, 0.4) is 0 Å². The van der Waals surface area contributed by atoms with Gasteiger partial charge in [0.25, 0.3) is 3.91 Å². The van der Waals surface area contributed by atoms with Crippen molar-refractivity contribution in [1.29, 1.82) is 0 Å². The fraction of sp³-hybridized carbons (Fsp3) is 0.800. The Morgan fingerprint density at radius 1 is 1.60 bits per heavy atom. The standard InChI is InChI=1S/C5H6F2INO/c6-5(7)2-1-3-9(5)4(8)10/h1-3H2. The molecule has 0 bridgehead atoms. The largest absolute Gasteiger partial charge is 0.328 e. The van der Waals surface area contributed by atoms with E-state index in [2.05, 4.69) is 0 Å². The molecule has 0 N–H and O–H groups in total. The zero-order valence-corrected chi connectivity index (χ0v) is 7.27. The molecular formula is C5H6F2INO. The average molecular weight is 261 g/mol. The molecule has 0 saturated carbocycles. The summed E-state index contributed by atoms with van der Waals surface area (Å²) in [6.45, 7) is 0.189. The number of hydrogen-bond donors (Lipinski definition) is 0. The normalized spacial score (nSPS) is 23.3. The molecule has 0 aromatic carbocycles. The van der Waals surface area contributed by atoms with Gasteiger partial charge in [-0.1, -0.05) is 0 Å². The van der Waals surface area contributed by atoms with E-state index in [1.165, 1.54) is 22.6 Å². The molecular weight excluding hydrogens is 255 g/mol. The van der Waals surface area contributed by atoms with E-state index in [0.717, 1.165) is 0 Å². The minimum absolute atomic E-state index is 0.189. The molecule has 2 nitrogen and oxygen atoms in total. The van der Waals surface area contributed by atoms with Crippen LogP contribution < -0.4 is 0 Å². The second-order valence-electron chi connectivity index (χ2n) is 2.17. The molecule has 0 radical (unpaired) electrons. The van der Waals surface area contributed by atoms with Gasteiger partial charge < -0.3 is 0 Å². The number of halogens is 3. The van der Waals surface area contributed by atoms with Gasteiger partial charge in [0.1, 0.15) is 0 Å². The Balaban J connectivity index is 2.68. The van der Waals surface area contributed by atoms with Gasteiger partial charge in [0, 0.05) is 35.6 Å². The lowest BCUT2D eigenvalue weighted by Crippen LogP contribution is -2.36. The predicted octanol–water partition coefficient (Wildman–Crippen LogP) is 2.23. The zero-order chi connectivity index (χ0) is 7.78. The van der Waals surface area contributed by atoms with Gasteiger partial charge in [-0.3, -0.25) is 9.69 Å². The van der Waals surface area contributed by atoms with Crippen molar-refractivity contribution in [2.24, 2.45) is 0 Å². The van der Waals surface area contributed by atoms with E-state index in [1.54, 1.807) is 0 Å². The Hall–Kier alpha value is 0.0600. The van der Waals surface area contributed by atoms with Crippen LogP contribution in [0.2, 0.25) is 0 Å². The summed E-state index contributed by atoms with van der Waals surface area (Å²) >= 11 is 1.38. The van der Waals surface area contributed by atoms with E-state index in [-0.39, 0.29) is 13.0 Å². The lowest BCUT2D eigenvalue weighted by molar-refractivity contribution is -0.0872. The zero-order valence-electron chi connectivity index (χ0n) is 5.11. The maximum absolute atomic E-state index is 12.6. The van der Waals surface area contributed by atoms with Crippen LogP contribution >= 0.6 is 22.6 Å². The Kier molecular flexibility index (Phi) is 2.12. The van der Waals surface area contributed by atoms with Gasteiger partial charge in [-0.2, -0.15) is 8.78 Å². The van der Waals surface area contributed by atoms with Crippen LogP contribution in [0.4, 0.5) is 13.6 Å². The first-order valence-corrected chi connectivity index (χ1v) is 3.97. The average Bonchev–Trinajstić information content (AvgIpc) is 2.08. The summed E-state index contributed by atoms with van der Waals surface area (Å²) in [5.74, 6) is 0. The molecule has 1 aliphatic rings. The van der Waals surface area contributed by atoms with Gasteiger partial charge >= 0.3 is 6.05 Å². The number of hydrogen-bond acceptors (Lipinski definition) is 1. The number of nitrogens with zero attached hydrogens (tertiary/aromatic N) is 1. The summed E-state index contributed by atoms with van der Waals surface area (Å²) in [5.41, 5.74) is 0. The second-order valence-corrected chi connectivity index (χ2v) is 3.10. The van der Waals surface area contributed by atoms with Crippen molar-refractivity contribution in [1.82, 2.24) is 4.90 Å². The summed E-state index contributed by atoms with van der Waals surface area (Å²) in [4.78, 5) is 11.1. The lowest BCUT2D eigenvalue weighted by Gasteiger charge is -2.20. The summed E-state index contributed by atoms with van der Waals surface area (Å²) in [6.07, 6.45) is 0.212. The Morgan fingerprint density at radius 2 is 2.20 bits per heavy atom. The van der Waals surface area contributed by atoms with Gasteiger partial charge in [0.2, 0.25) is 0 Å². The highest BCUT2D eigenvalue weighted by molar-refractivity contribution is 14.1. The van der Waals surface area contributed by atoms with E-state index < -0.39 is 9.96 Å². The summed E-state index contributed by atoms with van der Waals surface area (Å²) in [6, 6.07) is -2.89. The number of carbonyl (C=O) groups is 1. The van der Waals surface area contributed by atoms with E-state index in [9.17, 15) is 13.6 Å². The smallest absolute Gasteiger partial charge is 0.275 e. The minimum Gasteiger partial charge on any atom is -0.275 e. The summed E-state index contributed by atoms with van der Waals surface area (Å²) in [5, 5.41) is 0. The molecule has 1 aliphatic heterocycles. The Bertz CT molecular complexity index is 162. The van der Waals surface area contributed by atoms with Crippen molar-refractivity contribution < 1.29 is 13.6 Å². The van der Waals surface area contributed by atoms with Crippen LogP contribution in [0.15, 0.2) is 0 Å². The highest BCUT2D eigenvalue weighted by Gasteiger charge is 2.43. The van der Waals surface area contributed by atoms with Crippen molar-refractivity contribution in [2.45, 2.75) is 18.9 Å². The second kappa shape index (κ2) is 2.60. The van der Waals surface area contributed by atoms with Crippen molar-refractivity contribution in [3.8, 4) is 0 Å². The van der Waals surface area contributed by atoms with E-state index in [4.69, 9.17) is 0 Å². The molecule has 0 aromatic rings. The molecule has 10 heavy (non-hydrogen) atoms. The van der Waals surface area contributed by atoms with Crippen molar-refractivity contribution in [2.75, 3.05) is 6.54 Å². The van der Waals surface area contributed by atoms with Crippen LogP contribution in [0.25, 0.3) is 0 Å². The molecule has 0 atom stereocenters. The number of carbonyl (C=O) groups excluding carboxylic acids is 1. The van der Waals surface area contributed by atoms with Crippen LogP contribution in [-0.2, 0) is 0 Å².